The number of fused-ring (bicyclic) bond motifs is 6. The summed E-state index contributed by atoms with van der Waals surface area (Å²) in [5, 5.41) is 18.2. The number of aromatic nitrogens is 8. The highest BCUT2D eigenvalue weighted by Crippen LogP contribution is 2.26. The van der Waals surface area contributed by atoms with Crippen LogP contribution in [0, 0.1) is 0 Å². The van der Waals surface area contributed by atoms with Gasteiger partial charge in [0.2, 0.25) is 0 Å². The minimum absolute atomic E-state index is 0.302. The van der Waals surface area contributed by atoms with Crippen LogP contribution in [0.2, 0.25) is 0 Å². The third-order valence-electron chi connectivity index (χ3n) is 5.60. The Kier molecular flexibility index (Phi) is 7.07. The van der Waals surface area contributed by atoms with Gasteiger partial charge in [0.05, 0.1) is 6.61 Å². The number of rotatable bonds is 5. The van der Waals surface area contributed by atoms with Crippen LogP contribution < -0.4 is 5.73 Å². The number of primary amides is 1. The van der Waals surface area contributed by atoms with E-state index in [1.807, 2.05) is 30.7 Å². The molecule has 4 aromatic heterocycles. The highest BCUT2D eigenvalue weighted by Gasteiger charge is 2.17. The Morgan fingerprint density at radius 2 is 1.32 bits per heavy atom. The molecule has 0 unspecified atom stereocenters. The summed E-state index contributed by atoms with van der Waals surface area (Å²) in [7, 11) is 0. The number of carbonyl (C=O) groups is 2. The Balaban J connectivity index is 0.000000156. The summed E-state index contributed by atoms with van der Waals surface area (Å²) in [6.07, 6.45) is 7.31. The van der Waals surface area contributed by atoms with Crippen molar-refractivity contribution >= 4 is 79.0 Å². The number of thioether (sulfide) groups is 2. The molecule has 0 aliphatic heterocycles. The average Bonchev–Trinajstić information content (AvgIpc) is 3.58. The lowest BCUT2D eigenvalue weighted by Crippen LogP contribution is -2.11. The second kappa shape index (κ2) is 10.6. The molecule has 0 spiro atoms. The molecule has 12 nitrogen and oxygen atoms in total. The first kappa shape index (κ1) is 25.4. The molecule has 4 heterocycles. The molecule has 0 aliphatic rings. The van der Waals surface area contributed by atoms with Gasteiger partial charge in [0.15, 0.2) is 16.0 Å². The number of nitrogens with two attached hydrogens (primary N) is 1. The Morgan fingerprint density at radius 1 is 0.816 bits per heavy atom. The summed E-state index contributed by atoms with van der Waals surface area (Å²) in [6.45, 7) is 2.09. The number of nitrogens with zero attached hydrogens (tertiary/aromatic N) is 6. The van der Waals surface area contributed by atoms with Gasteiger partial charge in [-0.3, -0.25) is 15.0 Å². The summed E-state index contributed by atoms with van der Waals surface area (Å²) in [5.74, 6) is -0.940. The minimum Gasteiger partial charge on any atom is -0.461 e. The molecule has 0 atom stereocenters. The van der Waals surface area contributed by atoms with E-state index >= 15 is 0 Å². The van der Waals surface area contributed by atoms with Crippen molar-refractivity contribution in [3.8, 4) is 0 Å². The molecular formula is C24H21N9O3S2. The molecule has 0 fully saturated rings. The van der Waals surface area contributed by atoms with Gasteiger partial charge in [-0.15, -0.1) is 0 Å². The number of esters is 1. The van der Waals surface area contributed by atoms with Crippen LogP contribution in [0.15, 0.2) is 47.0 Å². The van der Waals surface area contributed by atoms with Gasteiger partial charge in [0.1, 0.15) is 27.8 Å². The molecule has 38 heavy (non-hydrogen) atoms. The smallest absolute Gasteiger partial charge is 0.356 e. The molecule has 4 N–H and O–H groups in total. The van der Waals surface area contributed by atoms with Crippen LogP contribution in [0.25, 0.3) is 43.6 Å². The van der Waals surface area contributed by atoms with Crippen molar-refractivity contribution in [2.24, 2.45) is 5.73 Å². The molecule has 14 heteroatoms. The topological polar surface area (TPSA) is 178 Å². The maximum atomic E-state index is 11.8. The normalized spacial score (nSPS) is 11.1. The second-order valence-electron chi connectivity index (χ2n) is 7.79. The van der Waals surface area contributed by atoms with Crippen LogP contribution in [-0.2, 0) is 4.74 Å². The standard InChI is InChI=1S/C13H12N4O2S.C11H9N5OS/c1-3-19-12(18)11-8-5-4-7-6-14-13(20-2)15-9(7)10(8)16-17-11;1-18-11-13-4-5-2-3-6-8(7(5)14-11)15-16-9(6)10(12)17/h4-6H,3H2,1-2H3,(H,16,17);2-4H,1H3,(H2,12,17)(H,15,16). The highest BCUT2D eigenvalue weighted by molar-refractivity contribution is 7.98. The number of H-pyrrole nitrogens is 2. The summed E-state index contributed by atoms with van der Waals surface area (Å²) < 4.78 is 5.00. The fourth-order valence-electron chi connectivity index (χ4n) is 3.85. The average molecular weight is 548 g/mol. The van der Waals surface area contributed by atoms with E-state index in [0.29, 0.717) is 50.1 Å². The number of hydrogen-bond acceptors (Lipinski definition) is 11. The van der Waals surface area contributed by atoms with Crippen molar-refractivity contribution in [1.29, 1.82) is 0 Å². The number of ether oxygens (including phenoxy) is 1. The van der Waals surface area contributed by atoms with E-state index in [0.717, 1.165) is 21.8 Å². The first-order valence-electron chi connectivity index (χ1n) is 11.3. The summed E-state index contributed by atoms with van der Waals surface area (Å²) >= 11 is 2.92. The largest absolute Gasteiger partial charge is 0.461 e. The van der Waals surface area contributed by atoms with Crippen molar-refractivity contribution in [3.05, 3.63) is 48.0 Å². The minimum atomic E-state index is -0.531. The van der Waals surface area contributed by atoms with Crippen LogP contribution in [0.4, 0.5) is 0 Å². The first-order chi connectivity index (χ1) is 18.4. The van der Waals surface area contributed by atoms with Gasteiger partial charge >= 0.3 is 5.97 Å². The van der Waals surface area contributed by atoms with Crippen molar-refractivity contribution in [2.45, 2.75) is 17.2 Å². The Bertz CT molecular complexity index is 1830. The van der Waals surface area contributed by atoms with Gasteiger partial charge in [-0.1, -0.05) is 35.7 Å². The number of nitrogens with one attached hydrogen (secondary N) is 2. The molecule has 2 aromatic carbocycles. The zero-order chi connectivity index (χ0) is 26.8. The van der Waals surface area contributed by atoms with E-state index in [4.69, 9.17) is 10.5 Å². The van der Waals surface area contributed by atoms with Crippen LogP contribution in [0.3, 0.4) is 0 Å². The number of hydrogen-bond donors (Lipinski definition) is 3. The lowest BCUT2D eigenvalue weighted by atomic mass is 10.1. The zero-order valence-electron chi connectivity index (χ0n) is 20.5. The van der Waals surface area contributed by atoms with E-state index in [9.17, 15) is 9.59 Å². The van der Waals surface area contributed by atoms with Crippen LogP contribution in [0.5, 0.6) is 0 Å². The number of benzene rings is 2. The third kappa shape index (κ3) is 4.59. The summed E-state index contributed by atoms with van der Waals surface area (Å²) in [4.78, 5) is 40.4. The van der Waals surface area contributed by atoms with Gasteiger partial charge in [-0.05, 0) is 31.6 Å². The predicted octanol–water partition coefficient (Wildman–Crippen LogP) is 3.73. The van der Waals surface area contributed by atoms with E-state index < -0.39 is 11.9 Å². The van der Waals surface area contributed by atoms with Crippen molar-refractivity contribution in [3.63, 3.8) is 0 Å². The zero-order valence-corrected chi connectivity index (χ0v) is 22.1. The SMILES string of the molecule is CCOC(=O)c1[nH]nc2c1ccc1cnc(SC)nc12.CSc1ncc2ccc3c(C(N)=O)[nH]nc3c2n1. The van der Waals surface area contributed by atoms with Gasteiger partial charge in [-0.25, -0.2) is 24.7 Å². The Labute approximate surface area is 223 Å². The summed E-state index contributed by atoms with van der Waals surface area (Å²) in [6, 6.07) is 7.35. The number of amides is 1. The molecule has 0 bridgehead atoms. The van der Waals surface area contributed by atoms with Gasteiger partial charge in [-0.2, -0.15) is 10.2 Å². The van der Waals surface area contributed by atoms with Gasteiger partial charge in [0, 0.05) is 33.9 Å². The number of carbonyl (C=O) groups excluding carboxylic acids is 2. The first-order valence-corrected chi connectivity index (χ1v) is 13.7. The molecule has 1 amide bonds. The van der Waals surface area contributed by atoms with Gasteiger partial charge in [0.25, 0.3) is 5.91 Å². The summed E-state index contributed by atoms with van der Waals surface area (Å²) in [5.41, 5.74) is 8.68. The number of aromatic amines is 2. The van der Waals surface area contributed by atoms with E-state index in [-0.39, 0.29) is 0 Å². The highest BCUT2D eigenvalue weighted by atomic mass is 32.2. The molecule has 0 saturated heterocycles. The lowest BCUT2D eigenvalue weighted by molar-refractivity contribution is 0.0521. The van der Waals surface area contributed by atoms with Crippen molar-refractivity contribution in [1.82, 2.24) is 40.3 Å². The second-order valence-corrected chi connectivity index (χ2v) is 9.34. The van der Waals surface area contributed by atoms with Crippen LogP contribution >= 0.6 is 23.5 Å². The molecule has 6 aromatic rings. The Hall–Kier alpha value is -4.30. The fourth-order valence-corrected chi connectivity index (χ4v) is 4.53. The van der Waals surface area contributed by atoms with Crippen LogP contribution in [-0.4, -0.2) is 71.3 Å². The quantitative estimate of drug-likeness (QED) is 0.163. The Morgan fingerprint density at radius 3 is 1.79 bits per heavy atom. The molecule has 0 saturated carbocycles. The maximum absolute atomic E-state index is 11.8. The molecule has 192 valence electrons. The fraction of sp³-hybridized carbons (Fsp3) is 0.167. The lowest BCUT2D eigenvalue weighted by Gasteiger charge is -2.01. The van der Waals surface area contributed by atoms with Crippen molar-refractivity contribution in [2.75, 3.05) is 19.1 Å². The van der Waals surface area contributed by atoms with E-state index in [2.05, 4.69) is 40.3 Å². The monoisotopic (exact) mass is 547 g/mol. The third-order valence-corrected chi connectivity index (χ3v) is 6.72. The maximum Gasteiger partial charge on any atom is 0.356 e. The molecule has 0 radical (unpaired) electrons. The van der Waals surface area contributed by atoms with E-state index in [1.165, 1.54) is 23.5 Å². The predicted molar refractivity (Wildman–Crippen MR) is 146 cm³/mol. The molecule has 0 aliphatic carbocycles. The van der Waals surface area contributed by atoms with Gasteiger partial charge < -0.3 is 10.5 Å². The molecular weight excluding hydrogens is 526 g/mol. The van der Waals surface area contributed by atoms with Crippen LogP contribution in [0.1, 0.15) is 27.9 Å². The van der Waals surface area contributed by atoms with E-state index in [1.54, 1.807) is 25.4 Å². The molecule has 6 rings (SSSR count). The van der Waals surface area contributed by atoms with Crippen molar-refractivity contribution < 1.29 is 14.3 Å².